The number of nitrogens with zero attached hydrogens (tertiary/aromatic N) is 2. The fraction of sp³-hybridized carbons (Fsp3) is 0.241. The van der Waals surface area contributed by atoms with E-state index in [0.29, 0.717) is 22.4 Å². The summed E-state index contributed by atoms with van der Waals surface area (Å²) in [4.78, 5) is 28.8. The third-order valence-corrected chi connectivity index (χ3v) is 7.06. The number of carbonyl (C=O) groups excluding carboxylic acids is 2. The van der Waals surface area contributed by atoms with Gasteiger partial charge in [-0.1, -0.05) is 24.3 Å². The van der Waals surface area contributed by atoms with Crippen LogP contribution in [0.15, 0.2) is 71.4 Å². The Labute approximate surface area is 205 Å². The number of hydrogen-bond acceptors (Lipinski definition) is 5. The van der Waals surface area contributed by atoms with Crippen LogP contribution in [0.3, 0.4) is 0 Å². The van der Waals surface area contributed by atoms with Gasteiger partial charge in [0.15, 0.2) is 5.78 Å². The van der Waals surface area contributed by atoms with Gasteiger partial charge in [-0.25, -0.2) is 4.79 Å². The molecule has 1 aliphatic carbocycles. The van der Waals surface area contributed by atoms with Crippen LogP contribution in [0.2, 0.25) is 0 Å². The van der Waals surface area contributed by atoms with Gasteiger partial charge in [-0.15, -0.1) is 0 Å². The highest BCUT2D eigenvalue weighted by molar-refractivity contribution is 6.23. The number of hydrogen-bond donors (Lipinski definition) is 1. The number of fused-ring (bicyclic) bond motifs is 2. The summed E-state index contributed by atoms with van der Waals surface area (Å²) in [5.41, 5.74) is 9.15. The minimum absolute atomic E-state index is 0.0536. The standard InChI is InChI=1S/C29H29N3O3/c1-16-15-23(18(3)32(16)20-13-11-19(12-14-20)31(4)5)25-24(29(34)35-6)17(2)30-27-21-9-7-8-10-22(21)28(33)26(25)27/h7-15,25,30H,1-6H3/t25-/m1/s1. The number of ether oxygens (including phenoxy) is 1. The van der Waals surface area contributed by atoms with Crippen LogP contribution in [-0.4, -0.2) is 37.5 Å². The Kier molecular flexibility index (Phi) is 5.39. The lowest BCUT2D eigenvalue weighted by Crippen LogP contribution is -2.29. The molecule has 0 unspecified atom stereocenters. The maximum absolute atomic E-state index is 13.7. The molecule has 2 aliphatic rings. The molecule has 2 aromatic carbocycles. The van der Waals surface area contributed by atoms with Gasteiger partial charge in [-0.3, -0.25) is 4.79 Å². The lowest BCUT2D eigenvalue weighted by molar-refractivity contribution is -0.136. The number of Topliss-reactive ketones (excluding diaryl/α,β-unsaturated/α-hetero) is 1. The van der Waals surface area contributed by atoms with Crippen LogP contribution in [0.4, 0.5) is 5.69 Å². The highest BCUT2D eigenvalue weighted by Gasteiger charge is 2.43. The SMILES string of the molecule is COC(=O)C1=C(C)NC2=C(C(=O)c3ccccc32)[C@@H]1c1cc(C)n(-c2ccc(N(C)C)cc2)c1C. The lowest BCUT2D eigenvalue weighted by atomic mass is 9.79. The molecule has 0 spiro atoms. The van der Waals surface area contributed by atoms with Gasteiger partial charge in [0.05, 0.1) is 24.3 Å². The number of dihydropyridines is 1. The Bertz CT molecular complexity index is 1440. The van der Waals surface area contributed by atoms with Crippen LogP contribution in [0.1, 0.15) is 45.7 Å². The van der Waals surface area contributed by atoms with Crippen LogP contribution >= 0.6 is 0 Å². The number of aryl methyl sites for hydroxylation is 1. The van der Waals surface area contributed by atoms with Crippen molar-refractivity contribution < 1.29 is 14.3 Å². The van der Waals surface area contributed by atoms with Gasteiger partial charge in [0, 0.05) is 59.3 Å². The fourth-order valence-corrected chi connectivity index (χ4v) is 5.40. The van der Waals surface area contributed by atoms with Gasteiger partial charge in [-0.2, -0.15) is 0 Å². The van der Waals surface area contributed by atoms with E-state index in [1.54, 1.807) is 0 Å². The molecule has 0 saturated heterocycles. The van der Waals surface area contributed by atoms with Crippen molar-refractivity contribution in [3.05, 3.63) is 99.5 Å². The third-order valence-electron chi connectivity index (χ3n) is 7.06. The molecule has 1 aromatic heterocycles. The zero-order chi connectivity index (χ0) is 25.0. The predicted molar refractivity (Wildman–Crippen MR) is 138 cm³/mol. The highest BCUT2D eigenvalue weighted by atomic mass is 16.5. The van der Waals surface area contributed by atoms with Crippen molar-refractivity contribution in [1.29, 1.82) is 0 Å². The van der Waals surface area contributed by atoms with Gasteiger partial charge in [-0.05, 0) is 56.7 Å². The summed E-state index contributed by atoms with van der Waals surface area (Å²) in [5.74, 6) is -1.02. The summed E-state index contributed by atoms with van der Waals surface area (Å²) in [6.45, 7) is 5.96. The molecule has 35 heavy (non-hydrogen) atoms. The predicted octanol–water partition coefficient (Wildman–Crippen LogP) is 4.90. The van der Waals surface area contributed by atoms with E-state index in [2.05, 4.69) is 45.1 Å². The molecule has 0 bridgehead atoms. The molecular formula is C29H29N3O3. The average molecular weight is 468 g/mol. The van der Waals surface area contributed by atoms with Gasteiger partial charge in [0.2, 0.25) is 0 Å². The monoisotopic (exact) mass is 467 g/mol. The van der Waals surface area contributed by atoms with Crippen LogP contribution in [-0.2, 0) is 9.53 Å². The first-order chi connectivity index (χ1) is 16.7. The summed E-state index contributed by atoms with van der Waals surface area (Å²) in [5, 5.41) is 3.35. The molecular weight excluding hydrogens is 438 g/mol. The Morgan fingerprint density at radius 1 is 1.00 bits per heavy atom. The molecule has 0 radical (unpaired) electrons. The zero-order valence-electron chi connectivity index (χ0n) is 20.9. The fourth-order valence-electron chi connectivity index (χ4n) is 5.40. The molecule has 3 aromatic rings. The number of benzene rings is 2. The Morgan fingerprint density at radius 3 is 2.29 bits per heavy atom. The largest absolute Gasteiger partial charge is 0.466 e. The first-order valence-corrected chi connectivity index (χ1v) is 11.7. The van der Waals surface area contributed by atoms with Gasteiger partial charge in [0.25, 0.3) is 0 Å². The number of methoxy groups -OCH3 is 1. The maximum atomic E-state index is 13.7. The van der Waals surface area contributed by atoms with Crippen molar-refractivity contribution >= 4 is 23.1 Å². The van der Waals surface area contributed by atoms with Crippen molar-refractivity contribution in [1.82, 2.24) is 9.88 Å². The van der Waals surface area contributed by atoms with E-state index in [4.69, 9.17) is 4.74 Å². The smallest absolute Gasteiger partial charge is 0.336 e. The number of esters is 1. The molecule has 0 fully saturated rings. The van der Waals surface area contributed by atoms with Crippen LogP contribution in [0, 0.1) is 13.8 Å². The number of ketones is 1. The first kappa shape index (κ1) is 22.7. The summed E-state index contributed by atoms with van der Waals surface area (Å²) in [6, 6.07) is 18.0. The van der Waals surface area contributed by atoms with E-state index >= 15 is 0 Å². The molecule has 1 atom stereocenters. The summed E-state index contributed by atoms with van der Waals surface area (Å²) < 4.78 is 7.36. The second-order valence-electron chi connectivity index (χ2n) is 9.32. The van der Waals surface area contributed by atoms with E-state index in [1.807, 2.05) is 59.1 Å². The molecule has 178 valence electrons. The highest BCUT2D eigenvalue weighted by Crippen LogP contribution is 2.48. The quantitative estimate of drug-likeness (QED) is 0.553. The molecule has 1 aliphatic heterocycles. The van der Waals surface area contributed by atoms with Gasteiger partial charge in [0.1, 0.15) is 0 Å². The number of allylic oxidation sites excluding steroid dienone is 2. The normalized spacial score (nSPS) is 16.7. The Balaban J connectivity index is 1.71. The van der Waals surface area contributed by atoms with Crippen LogP contribution in [0.25, 0.3) is 11.4 Å². The molecule has 6 nitrogen and oxygen atoms in total. The Morgan fingerprint density at radius 2 is 1.66 bits per heavy atom. The van der Waals surface area contributed by atoms with Crippen molar-refractivity contribution in [3.8, 4) is 5.69 Å². The summed E-state index contributed by atoms with van der Waals surface area (Å²) >= 11 is 0. The number of carbonyl (C=O) groups is 2. The number of aromatic nitrogens is 1. The molecule has 0 amide bonds. The second kappa shape index (κ2) is 8.31. The Hall–Kier alpha value is -4.06. The van der Waals surface area contributed by atoms with E-state index in [9.17, 15) is 9.59 Å². The summed E-state index contributed by atoms with van der Waals surface area (Å²) in [7, 11) is 5.41. The molecule has 0 saturated carbocycles. The maximum Gasteiger partial charge on any atom is 0.336 e. The van der Waals surface area contributed by atoms with E-state index < -0.39 is 11.9 Å². The van der Waals surface area contributed by atoms with Crippen molar-refractivity contribution in [3.63, 3.8) is 0 Å². The third kappa shape index (κ3) is 3.40. The minimum atomic E-state index is -0.528. The zero-order valence-corrected chi connectivity index (χ0v) is 20.9. The van der Waals surface area contributed by atoms with Gasteiger partial charge < -0.3 is 19.5 Å². The van der Waals surface area contributed by atoms with Crippen LogP contribution < -0.4 is 10.2 Å². The molecule has 5 rings (SSSR count). The molecule has 2 heterocycles. The molecule has 1 N–H and O–H groups in total. The second-order valence-corrected chi connectivity index (χ2v) is 9.32. The van der Waals surface area contributed by atoms with Crippen LogP contribution in [0.5, 0.6) is 0 Å². The minimum Gasteiger partial charge on any atom is -0.466 e. The topological polar surface area (TPSA) is 63.6 Å². The summed E-state index contributed by atoms with van der Waals surface area (Å²) in [6.07, 6.45) is 0. The molecule has 6 heteroatoms. The van der Waals surface area contributed by atoms with E-state index in [0.717, 1.165) is 39.6 Å². The van der Waals surface area contributed by atoms with Gasteiger partial charge >= 0.3 is 5.97 Å². The van der Waals surface area contributed by atoms with Crippen molar-refractivity contribution in [2.24, 2.45) is 0 Å². The van der Waals surface area contributed by atoms with E-state index in [1.165, 1.54) is 7.11 Å². The number of anilines is 1. The first-order valence-electron chi connectivity index (χ1n) is 11.7. The van der Waals surface area contributed by atoms with Crippen molar-refractivity contribution in [2.45, 2.75) is 26.7 Å². The van der Waals surface area contributed by atoms with E-state index in [-0.39, 0.29) is 5.78 Å². The van der Waals surface area contributed by atoms with Crippen molar-refractivity contribution in [2.75, 3.05) is 26.1 Å². The lowest BCUT2D eigenvalue weighted by Gasteiger charge is -2.29. The number of rotatable bonds is 4. The average Bonchev–Trinajstić information content (AvgIpc) is 3.30. The number of nitrogens with one attached hydrogen (secondary N) is 1.